The van der Waals surface area contributed by atoms with Crippen LogP contribution in [0.2, 0.25) is 0 Å². The third kappa shape index (κ3) is 3.98. The van der Waals surface area contributed by atoms with Crippen molar-refractivity contribution >= 4 is 17.3 Å². The molecule has 2 N–H and O–H groups in total. The minimum atomic E-state index is -0.193. The molecule has 5 heteroatoms. The fraction of sp³-hybridized carbons (Fsp3) is 0.125. The first kappa shape index (κ1) is 14.4. The highest BCUT2D eigenvalue weighted by atomic mass is 16.5. The molecule has 106 valence electrons. The molecule has 21 heavy (non-hydrogen) atoms. The molecule has 1 amide bonds. The van der Waals surface area contributed by atoms with Gasteiger partial charge in [0.2, 0.25) is 5.91 Å². The second-order valence-corrected chi connectivity index (χ2v) is 4.29. The number of methoxy groups -OCH3 is 1. The van der Waals surface area contributed by atoms with Crippen LogP contribution in [0.4, 0.5) is 11.4 Å². The van der Waals surface area contributed by atoms with Crippen molar-refractivity contribution in [2.45, 2.75) is 0 Å². The summed E-state index contributed by atoms with van der Waals surface area (Å²) in [5.41, 5.74) is 1.90. The predicted octanol–water partition coefficient (Wildman–Crippen LogP) is 2.62. The molecule has 0 radical (unpaired) electrons. The first-order valence-corrected chi connectivity index (χ1v) is 6.40. The first-order chi connectivity index (χ1) is 10.2. The van der Waals surface area contributed by atoms with Crippen molar-refractivity contribution in [1.29, 1.82) is 5.26 Å². The number of anilines is 2. The zero-order valence-electron chi connectivity index (χ0n) is 11.6. The predicted molar refractivity (Wildman–Crippen MR) is 81.3 cm³/mol. The summed E-state index contributed by atoms with van der Waals surface area (Å²) in [6, 6.07) is 16.2. The number of rotatable bonds is 5. The van der Waals surface area contributed by atoms with E-state index in [1.807, 2.05) is 12.1 Å². The molecule has 2 aromatic carbocycles. The van der Waals surface area contributed by atoms with Crippen LogP contribution in [-0.4, -0.2) is 19.6 Å². The number of nitrogens with zero attached hydrogens (tertiary/aromatic N) is 1. The van der Waals surface area contributed by atoms with E-state index >= 15 is 0 Å². The average molecular weight is 281 g/mol. The lowest BCUT2D eigenvalue weighted by atomic mass is 10.2. The molecule has 0 aliphatic rings. The van der Waals surface area contributed by atoms with E-state index in [0.717, 1.165) is 5.69 Å². The minimum Gasteiger partial charge on any atom is -0.495 e. The Morgan fingerprint density at radius 2 is 2.05 bits per heavy atom. The number of hydrogen-bond donors (Lipinski definition) is 2. The van der Waals surface area contributed by atoms with Crippen LogP contribution < -0.4 is 15.4 Å². The molecule has 0 unspecified atom stereocenters. The molecule has 2 rings (SSSR count). The normalized spacial score (nSPS) is 9.52. The summed E-state index contributed by atoms with van der Waals surface area (Å²) in [6.45, 7) is 0.104. The van der Waals surface area contributed by atoms with Crippen molar-refractivity contribution in [3.63, 3.8) is 0 Å². The molecule has 0 aliphatic heterocycles. The Labute approximate surface area is 123 Å². The lowest BCUT2D eigenvalue weighted by Gasteiger charge is -2.11. The zero-order valence-corrected chi connectivity index (χ0v) is 11.6. The molecule has 0 aliphatic carbocycles. The van der Waals surface area contributed by atoms with Gasteiger partial charge in [0.15, 0.2) is 0 Å². The van der Waals surface area contributed by atoms with E-state index in [1.165, 1.54) is 0 Å². The van der Waals surface area contributed by atoms with Crippen molar-refractivity contribution in [3.8, 4) is 11.8 Å². The lowest BCUT2D eigenvalue weighted by molar-refractivity contribution is -0.114. The Kier molecular flexibility index (Phi) is 4.78. The number of nitriles is 1. The lowest BCUT2D eigenvalue weighted by Crippen LogP contribution is -2.22. The molecule has 0 atom stereocenters. The highest BCUT2D eigenvalue weighted by Crippen LogP contribution is 2.22. The fourth-order valence-electron chi connectivity index (χ4n) is 1.82. The third-order valence-corrected chi connectivity index (χ3v) is 2.83. The molecule has 0 spiro atoms. The molecule has 2 aromatic rings. The van der Waals surface area contributed by atoms with Gasteiger partial charge in [-0.3, -0.25) is 4.79 Å². The standard InChI is InChI=1S/C16H15N3O2/c1-21-15-8-3-2-7-14(15)19-16(20)11-18-13-6-4-5-12(9-13)10-17/h2-9,18H,11H2,1H3,(H,19,20). The summed E-state index contributed by atoms with van der Waals surface area (Å²) in [6.07, 6.45) is 0. The van der Waals surface area contributed by atoms with Crippen LogP contribution >= 0.6 is 0 Å². The topological polar surface area (TPSA) is 74.2 Å². The summed E-state index contributed by atoms with van der Waals surface area (Å²) in [5.74, 6) is 0.416. The van der Waals surface area contributed by atoms with Crippen LogP contribution in [0.25, 0.3) is 0 Å². The Bertz CT molecular complexity index is 677. The molecule has 0 fully saturated rings. The van der Waals surface area contributed by atoms with Gasteiger partial charge in [-0.25, -0.2) is 0 Å². The number of carbonyl (C=O) groups is 1. The van der Waals surface area contributed by atoms with Gasteiger partial charge >= 0.3 is 0 Å². The third-order valence-electron chi connectivity index (χ3n) is 2.83. The van der Waals surface area contributed by atoms with Crippen molar-refractivity contribution in [1.82, 2.24) is 0 Å². The number of ether oxygens (including phenoxy) is 1. The van der Waals surface area contributed by atoms with Crippen LogP contribution in [0.1, 0.15) is 5.56 Å². The van der Waals surface area contributed by atoms with E-state index in [-0.39, 0.29) is 12.5 Å². The van der Waals surface area contributed by atoms with Gasteiger partial charge in [-0.2, -0.15) is 5.26 Å². The highest BCUT2D eigenvalue weighted by molar-refractivity contribution is 5.95. The second kappa shape index (κ2) is 6.96. The van der Waals surface area contributed by atoms with Gasteiger partial charge in [0.25, 0.3) is 0 Å². The molecule has 0 bridgehead atoms. The van der Waals surface area contributed by atoms with Crippen LogP contribution in [-0.2, 0) is 4.79 Å². The number of nitrogens with one attached hydrogen (secondary N) is 2. The maximum atomic E-state index is 11.9. The van der Waals surface area contributed by atoms with Crippen molar-refractivity contribution in [2.24, 2.45) is 0 Å². The molecule has 5 nitrogen and oxygen atoms in total. The van der Waals surface area contributed by atoms with Crippen LogP contribution in [0.15, 0.2) is 48.5 Å². The molecule has 0 saturated heterocycles. The number of hydrogen-bond acceptors (Lipinski definition) is 4. The summed E-state index contributed by atoms with van der Waals surface area (Å²) in [5, 5.41) is 14.6. The van der Waals surface area contributed by atoms with Gasteiger partial charge in [-0.15, -0.1) is 0 Å². The van der Waals surface area contributed by atoms with E-state index in [4.69, 9.17) is 10.00 Å². The number of benzene rings is 2. The number of amides is 1. The first-order valence-electron chi connectivity index (χ1n) is 6.40. The van der Waals surface area contributed by atoms with Crippen molar-refractivity contribution < 1.29 is 9.53 Å². The molecular weight excluding hydrogens is 266 g/mol. The number of carbonyl (C=O) groups excluding carboxylic acids is 1. The minimum absolute atomic E-state index is 0.104. The monoisotopic (exact) mass is 281 g/mol. The van der Waals surface area contributed by atoms with Crippen LogP contribution in [0.5, 0.6) is 5.75 Å². The van der Waals surface area contributed by atoms with Gasteiger partial charge in [0.1, 0.15) is 5.75 Å². The van der Waals surface area contributed by atoms with Crippen LogP contribution in [0.3, 0.4) is 0 Å². The average Bonchev–Trinajstić information content (AvgIpc) is 2.53. The Balaban J connectivity index is 1.94. The van der Waals surface area contributed by atoms with Crippen molar-refractivity contribution in [3.05, 3.63) is 54.1 Å². The molecule has 0 saturated carbocycles. The van der Waals surface area contributed by atoms with E-state index in [0.29, 0.717) is 17.0 Å². The van der Waals surface area contributed by atoms with E-state index in [2.05, 4.69) is 16.7 Å². The maximum Gasteiger partial charge on any atom is 0.243 e. The Morgan fingerprint density at radius 3 is 2.81 bits per heavy atom. The molecule has 0 aromatic heterocycles. The van der Waals surface area contributed by atoms with Gasteiger partial charge in [0.05, 0.1) is 31.0 Å². The Hall–Kier alpha value is -3.00. The largest absolute Gasteiger partial charge is 0.495 e. The quantitative estimate of drug-likeness (QED) is 0.883. The molecule has 0 heterocycles. The fourth-order valence-corrected chi connectivity index (χ4v) is 1.82. The summed E-state index contributed by atoms with van der Waals surface area (Å²) in [7, 11) is 1.55. The Morgan fingerprint density at radius 1 is 1.24 bits per heavy atom. The number of para-hydroxylation sites is 2. The summed E-state index contributed by atoms with van der Waals surface area (Å²) < 4.78 is 5.17. The van der Waals surface area contributed by atoms with Gasteiger partial charge in [-0.1, -0.05) is 18.2 Å². The van der Waals surface area contributed by atoms with E-state index < -0.39 is 0 Å². The zero-order chi connectivity index (χ0) is 15.1. The van der Waals surface area contributed by atoms with E-state index in [9.17, 15) is 4.79 Å². The molecular formula is C16H15N3O2. The van der Waals surface area contributed by atoms with E-state index in [1.54, 1.807) is 43.5 Å². The maximum absolute atomic E-state index is 11.9. The van der Waals surface area contributed by atoms with Gasteiger partial charge < -0.3 is 15.4 Å². The van der Waals surface area contributed by atoms with Crippen molar-refractivity contribution in [2.75, 3.05) is 24.3 Å². The summed E-state index contributed by atoms with van der Waals surface area (Å²) in [4.78, 5) is 11.9. The summed E-state index contributed by atoms with van der Waals surface area (Å²) >= 11 is 0. The smallest absolute Gasteiger partial charge is 0.243 e. The second-order valence-electron chi connectivity index (χ2n) is 4.29. The SMILES string of the molecule is COc1ccccc1NC(=O)CNc1cccc(C#N)c1. The van der Waals surface area contributed by atoms with Gasteiger partial charge in [-0.05, 0) is 30.3 Å². The highest BCUT2D eigenvalue weighted by Gasteiger charge is 2.06. The van der Waals surface area contributed by atoms with Crippen LogP contribution in [0, 0.1) is 11.3 Å². The van der Waals surface area contributed by atoms with Gasteiger partial charge in [0, 0.05) is 5.69 Å².